The van der Waals surface area contributed by atoms with Gasteiger partial charge in [-0.25, -0.2) is 0 Å². The topological polar surface area (TPSA) is 27.6 Å². The van der Waals surface area contributed by atoms with Gasteiger partial charge in [0, 0.05) is 38.2 Å². The molecular weight excluding hydrogens is 266 g/mol. The molecule has 0 aromatic rings. The van der Waals surface area contributed by atoms with Crippen LogP contribution < -0.4 is 5.32 Å². The molecular formula is C16H29N3S. The van der Waals surface area contributed by atoms with E-state index in [-0.39, 0.29) is 0 Å². The van der Waals surface area contributed by atoms with Crippen LogP contribution in [0.15, 0.2) is 17.6 Å². The third kappa shape index (κ3) is 4.18. The number of hydrogen-bond donors (Lipinski definition) is 1. The van der Waals surface area contributed by atoms with Crippen molar-refractivity contribution in [1.29, 1.82) is 0 Å². The van der Waals surface area contributed by atoms with Gasteiger partial charge in [0.1, 0.15) is 0 Å². The van der Waals surface area contributed by atoms with Crippen LogP contribution in [-0.4, -0.2) is 49.0 Å². The van der Waals surface area contributed by atoms with E-state index in [4.69, 9.17) is 0 Å². The molecule has 0 amide bonds. The molecule has 1 aliphatic heterocycles. The maximum absolute atomic E-state index is 4.47. The maximum Gasteiger partial charge on any atom is 0.193 e. The van der Waals surface area contributed by atoms with Gasteiger partial charge in [-0.05, 0) is 24.7 Å². The highest BCUT2D eigenvalue weighted by Gasteiger charge is 2.39. The number of nitrogens with zero attached hydrogens (tertiary/aromatic N) is 2. The van der Waals surface area contributed by atoms with Crippen molar-refractivity contribution >= 4 is 17.7 Å². The number of likely N-dealkylation sites (tertiary alicyclic amines) is 1. The van der Waals surface area contributed by atoms with Crippen molar-refractivity contribution in [3.8, 4) is 0 Å². The number of aliphatic imine (C=N–C) groups is 1. The minimum Gasteiger partial charge on any atom is -0.355 e. The second-order valence-electron chi connectivity index (χ2n) is 6.07. The van der Waals surface area contributed by atoms with E-state index in [1.807, 2.05) is 24.9 Å². The Balaban J connectivity index is 1.76. The van der Waals surface area contributed by atoms with E-state index in [0.29, 0.717) is 5.41 Å². The molecule has 1 saturated carbocycles. The number of nitrogens with one attached hydrogen (secondary N) is 1. The van der Waals surface area contributed by atoms with Crippen LogP contribution in [0.2, 0.25) is 0 Å². The first-order valence-corrected chi connectivity index (χ1v) is 9.09. The molecule has 0 aromatic carbocycles. The highest BCUT2D eigenvalue weighted by molar-refractivity contribution is 7.99. The first kappa shape index (κ1) is 15.7. The van der Waals surface area contributed by atoms with Crippen molar-refractivity contribution in [2.45, 2.75) is 38.5 Å². The standard InChI is InChI=1S/C16H29N3S/c1-3-12-20-13-10-18-15(17-2)19-11-9-16(14-19)7-5-4-6-8-16/h3H,1,4-14H2,2H3,(H,17,18). The van der Waals surface area contributed by atoms with Crippen LogP contribution >= 0.6 is 11.8 Å². The molecule has 0 radical (unpaired) electrons. The van der Waals surface area contributed by atoms with E-state index in [2.05, 4.69) is 21.8 Å². The van der Waals surface area contributed by atoms with Gasteiger partial charge in [-0.15, -0.1) is 6.58 Å². The normalized spacial score (nSPS) is 22.2. The molecule has 1 saturated heterocycles. The van der Waals surface area contributed by atoms with Gasteiger partial charge >= 0.3 is 0 Å². The van der Waals surface area contributed by atoms with Gasteiger partial charge in [0.25, 0.3) is 0 Å². The Morgan fingerprint density at radius 2 is 2.15 bits per heavy atom. The number of rotatable bonds is 5. The summed E-state index contributed by atoms with van der Waals surface area (Å²) in [5.74, 6) is 3.25. The van der Waals surface area contributed by atoms with E-state index < -0.39 is 0 Å². The fourth-order valence-electron chi connectivity index (χ4n) is 3.56. The Bertz CT molecular complexity index is 335. The molecule has 1 aliphatic carbocycles. The van der Waals surface area contributed by atoms with Gasteiger partial charge in [0.05, 0.1) is 0 Å². The van der Waals surface area contributed by atoms with Crippen LogP contribution in [0.3, 0.4) is 0 Å². The van der Waals surface area contributed by atoms with Crippen molar-refractivity contribution in [2.24, 2.45) is 10.4 Å². The summed E-state index contributed by atoms with van der Waals surface area (Å²) in [7, 11) is 1.91. The third-order valence-corrected chi connectivity index (χ3v) is 5.59. The molecule has 0 unspecified atom stereocenters. The fraction of sp³-hybridized carbons (Fsp3) is 0.812. The lowest BCUT2D eigenvalue weighted by Crippen LogP contribution is -2.42. The highest BCUT2D eigenvalue weighted by Crippen LogP contribution is 2.43. The number of hydrogen-bond acceptors (Lipinski definition) is 2. The number of guanidine groups is 1. The van der Waals surface area contributed by atoms with E-state index in [9.17, 15) is 0 Å². The largest absolute Gasteiger partial charge is 0.355 e. The van der Waals surface area contributed by atoms with Gasteiger partial charge in [0.2, 0.25) is 0 Å². The van der Waals surface area contributed by atoms with Gasteiger partial charge in [-0.1, -0.05) is 25.3 Å². The smallest absolute Gasteiger partial charge is 0.193 e. The highest BCUT2D eigenvalue weighted by atomic mass is 32.2. The summed E-state index contributed by atoms with van der Waals surface area (Å²) in [5.41, 5.74) is 0.605. The molecule has 4 heteroatoms. The minimum absolute atomic E-state index is 0.605. The second-order valence-corrected chi connectivity index (χ2v) is 7.22. The van der Waals surface area contributed by atoms with Gasteiger partial charge < -0.3 is 10.2 Å². The Kier molecular flexibility index (Phi) is 6.27. The summed E-state index contributed by atoms with van der Waals surface area (Å²) in [6.45, 7) is 7.14. The van der Waals surface area contributed by atoms with Gasteiger partial charge in [0.15, 0.2) is 5.96 Å². The molecule has 1 spiro atoms. The maximum atomic E-state index is 4.47. The van der Waals surface area contributed by atoms with Crippen molar-refractivity contribution in [3.63, 3.8) is 0 Å². The average molecular weight is 295 g/mol. The van der Waals surface area contributed by atoms with Crippen molar-refractivity contribution in [3.05, 3.63) is 12.7 Å². The van der Waals surface area contributed by atoms with Crippen LogP contribution in [0.5, 0.6) is 0 Å². The molecule has 1 heterocycles. The summed E-state index contributed by atoms with van der Waals surface area (Å²) < 4.78 is 0. The molecule has 3 nitrogen and oxygen atoms in total. The van der Waals surface area contributed by atoms with E-state index in [1.165, 1.54) is 51.6 Å². The molecule has 2 fully saturated rings. The van der Waals surface area contributed by atoms with Crippen LogP contribution in [-0.2, 0) is 0 Å². The van der Waals surface area contributed by atoms with Gasteiger partial charge in [-0.3, -0.25) is 4.99 Å². The van der Waals surface area contributed by atoms with E-state index in [1.54, 1.807) is 0 Å². The predicted octanol–water partition coefficient (Wildman–Crippen LogP) is 3.14. The van der Waals surface area contributed by atoms with E-state index >= 15 is 0 Å². The summed E-state index contributed by atoms with van der Waals surface area (Å²) >= 11 is 1.92. The SMILES string of the molecule is C=CCSCCNC(=NC)N1CCC2(CCCCC2)C1. The molecule has 1 N–H and O–H groups in total. The molecule has 0 atom stereocenters. The minimum atomic E-state index is 0.605. The lowest BCUT2D eigenvalue weighted by Gasteiger charge is -2.33. The first-order chi connectivity index (χ1) is 9.79. The first-order valence-electron chi connectivity index (χ1n) is 7.94. The van der Waals surface area contributed by atoms with E-state index in [0.717, 1.165) is 24.0 Å². The monoisotopic (exact) mass is 295 g/mol. The van der Waals surface area contributed by atoms with Gasteiger partial charge in [-0.2, -0.15) is 11.8 Å². The van der Waals surface area contributed by atoms with Crippen LogP contribution in [0.4, 0.5) is 0 Å². The fourth-order valence-corrected chi connectivity index (χ4v) is 4.14. The number of thioether (sulfide) groups is 1. The third-order valence-electron chi connectivity index (χ3n) is 4.63. The molecule has 0 bridgehead atoms. The van der Waals surface area contributed by atoms with Crippen LogP contribution in [0, 0.1) is 5.41 Å². The predicted molar refractivity (Wildman–Crippen MR) is 90.6 cm³/mol. The van der Waals surface area contributed by atoms with Crippen molar-refractivity contribution < 1.29 is 0 Å². The van der Waals surface area contributed by atoms with Crippen molar-refractivity contribution in [2.75, 3.05) is 38.2 Å². The van der Waals surface area contributed by atoms with Crippen LogP contribution in [0.25, 0.3) is 0 Å². The second kappa shape index (κ2) is 7.96. The summed E-state index contributed by atoms with van der Waals surface area (Å²) in [5, 5.41) is 3.51. The Labute approximate surface area is 128 Å². The lowest BCUT2D eigenvalue weighted by atomic mass is 9.73. The average Bonchev–Trinajstić information content (AvgIpc) is 2.87. The molecule has 114 valence electrons. The Hall–Kier alpha value is -0.640. The Morgan fingerprint density at radius 3 is 2.85 bits per heavy atom. The quantitative estimate of drug-likeness (QED) is 0.365. The Morgan fingerprint density at radius 1 is 1.35 bits per heavy atom. The van der Waals surface area contributed by atoms with Crippen LogP contribution in [0.1, 0.15) is 38.5 Å². The summed E-state index contributed by atoms with van der Waals surface area (Å²) in [6.07, 6.45) is 10.5. The molecule has 2 aliphatic rings. The van der Waals surface area contributed by atoms with Crippen molar-refractivity contribution in [1.82, 2.24) is 10.2 Å². The zero-order valence-corrected chi connectivity index (χ0v) is 13.7. The zero-order chi connectivity index (χ0) is 14.3. The molecule has 2 rings (SSSR count). The summed E-state index contributed by atoms with van der Waals surface area (Å²) in [6, 6.07) is 0. The lowest BCUT2D eigenvalue weighted by molar-refractivity contribution is 0.203. The zero-order valence-electron chi connectivity index (χ0n) is 12.9. The molecule has 0 aromatic heterocycles. The molecule has 20 heavy (non-hydrogen) atoms. The summed E-state index contributed by atoms with van der Waals surface area (Å²) in [4.78, 5) is 6.94.